The fourth-order valence-corrected chi connectivity index (χ4v) is 4.50. The second kappa shape index (κ2) is 6.17. The van der Waals surface area contributed by atoms with E-state index in [-0.39, 0.29) is 0 Å². The van der Waals surface area contributed by atoms with Crippen LogP contribution in [0.25, 0.3) is 0 Å². The third-order valence-electron chi connectivity index (χ3n) is 5.51. The first-order chi connectivity index (χ1) is 9.64. The fraction of sp³-hybridized carbons (Fsp3) is 0.667. The quantitative estimate of drug-likeness (QED) is 0.839. The second-order valence-electron chi connectivity index (χ2n) is 6.09. The van der Waals surface area contributed by atoms with Crippen molar-refractivity contribution in [1.29, 1.82) is 0 Å². The molecule has 0 radical (unpaired) electrons. The van der Waals surface area contributed by atoms with Gasteiger partial charge in [0.1, 0.15) is 5.75 Å². The molecule has 1 aromatic carbocycles. The number of benzene rings is 1. The summed E-state index contributed by atoms with van der Waals surface area (Å²) in [6.45, 7) is 10.4. The van der Waals surface area contributed by atoms with Crippen molar-refractivity contribution in [3.05, 3.63) is 29.8 Å². The molecule has 1 aromatic rings. The van der Waals surface area contributed by atoms with Gasteiger partial charge in [-0.1, -0.05) is 39.8 Å². The molecule has 0 saturated heterocycles. The van der Waals surface area contributed by atoms with Gasteiger partial charge in [0.05, 0.1) is 7.11 Å². The molecular weight excluding hydrogens is 246 g/mol. The molecule has 0 heterocycles. The number of methoxy groups -OCH3 is 1. The zero-order chi connectivity index (χ0) is 14.8. The third kappa shape index (κ3) is 2.24. The lowest BCUT2D eigenvalue weighted by molar-refractivity contribution is -0.0387. The van der Waals surface area contributed by atoms with Gasteiger partial charge in [-0.15, -0.1) is 0 Å². The molecule has 1 aliphatic rings. The van der Waals surface area contributed by atoms with Crippen LogP contribution in [0, 0.1) is 11.3 Å². The summed E-state index contributed by atoms with van der Waals surface area (Å²) in [7, 11) is 1.73. The highest BCUT2D eigenvalue weighted by Crippen LogP contribution is 2.60. The Morgan fingerprint density at radius 2 is 1.70 bits per heavy atom. The predicted octanol–water partition coefficient (Wildman–Crippen LogP) is 4.21. The summed E-state index contributed by atoms with van der Waals surface area (Å²) in [5.41, 5.74) is 1.88. The third-order valence-corrected chi connectivity index (χ3v) is 5.51. The van der Waals surface area contributed by atoms with Crippen LogP contribution in [0.1, 0.15) is 52.0 Å². The Balaban J connectivity index is 2.29. The second-order valence-corrected chi connectivity index (χ2v) is 6.09. The van der Waals surface area contributed by atoms with Gasteiger partial charge in [-0.25, -0.2) is 0 Å². The molecular formula is C18H29NO. The van der Waals surface area contributed by atoms with Crippen molar-refractivity contribution in [2.75, 3.05) is 13.7 Å². The lowest BCUT2D eigenvalue weighted by Gasteiger charge is -2.61. The molecule has 3 atom stereocenters. The lowest BCUT2D eigenvalue weighted by Crippen LogP contribution is -2.63. The van der Waals surface area contributed by atoms with Gasteiger partial charge in [-0.3, -0.25) is 0 Å². The Kier molecular flexibility index (Phi) is 4.74. The van der Waals surface area contributed by atoms with E-state index < -0.39 is 0 Å². The van der Waals surface area contributed by atoms with Crippen molar-refractivity contribution in [3.8, 4) is 5.75 Å². The Morgan fingerprint density at radius 3 is 2.15 bits per heavy atom. The van der Waals surface area contributed by atoms with Crippen molar-refractivity contribution in [3.63, 3.8) is 0 Å². The summed E-state index contributed by atoms with van der Waals surface area (Å²) in [4.78, 5) is 0. The van der Waals surface area contributed by atoms with Gasteiger partial charge in [-0.05, 0) is 54.3 Å². The van der Waals surface area contributed by atoms with E-state index in [0.717, 1.165) is 12.3 Å². The van der Waals surface area contributed by atoms with Crippen molar-refractivity contribution in [1.82, 2.24) is 5.32 Å². The van der Waals surface area contributed by atoms with E-state index in [1.807, 2.05) is 0 Å². The maximum atomic E-state index is 5.28. The van der Waals surface area contributed by atoms with E-state index in [1.165, 1.54) is 18.4 Å². The van der Waals surface area contributed by atoms with E-state index in [0.29, 0.717) is 23.3 Å². The van der Waals surface area contributed by atoms with Crippen LogP contribution in [0.15, 0.2) is 24.3 Å². The van der Waals surface area contributed by atoms with Crippen LogP contribution in [-0.4, -0.2) is 19.7 Å². The Hall–Kier alpha value is -1.02. The number of hydrogen-bond donors (Lipinski definition) is 1. The molecule has 2 rings (SSSR count). The molecule has 0 spiro atoms. The monoisotopic (exact) mass is 275 g/mol. The first-order valence-electron chi connectivity index (χ1n) is 8.01. The van der Waals surface area contributed by atoms with Crippen molar-refractivity contribution in [2.24, 2.45) is 11.3 Å². The van der Waals surface area contributed by atoms with Gasteiger partial charge in [-0.2, -0.15) is 0 Å². The van der Waals surface area contributed by atoms with E-state index in [9.17, 15) is 0 Å². The zero-order valence-corrected chi connectivity index (χ0v) is 13.6. The molecule has 2 nitrogen and oxygen atoms in total. The van der Waals surface area contributed by atoms with Crippen LogP contribution in [0.2, 0.25) is 0 Å². The maximum absolute atomic E-state index is 5.28. The molecule has 0 bridgehead atoms. The molecule has 2 heteroatoms. The summed E-state index contributed by atoms with van der Waals surface area (Å²) in [5.74, 6) is 2.30. The minimum absolute atomic E-state index is 0.407. The molecule has 1 N–H and O–H groups in total. The highest BCUT2D eigenvalue weighted by atomic mass is 16.5. The van der Waals surface area contributed by atoms with Crippen LogP contribution >= 0.6 is 0 Å². The van der Waals surface area contributed by atoms with Crippen molar-refractivity contribution < 1.29 is 4.74 Å². The molecule has 0 aliphatic heterocycles. The summed E-state index contributed by atoms with van der Waals surface area (Å²) in [5, 5.41) is 3.72. The van der Waals surface area contributed by atoms with E-state index in [1.54, 1.807) is 7.11 Å². The summed E-state index contributed by atoms with van der Waals surface area (Å²) in [6, 6.07) is 9.34. The smallest absolute Gasteiger partial charge is 0.118 e. The van der Waals surface area contributed by atoms with Gasteiger partial charge in [0, 0.05) is 6.04 Å². The predicted molar refractivity (Wildman–Crippen MR) is 85.4 cm³/mol. The highest BCUT2D eigenvalue weighted by Gasteiger charge is 2.57. The van der Waals surface area contributed by atoms with Crippen LogP contribution in [0.4, 0.5) is 0 Å². The fourth-order valence-electron chi connectivity index (χ4n) is 4.50. The normalized spacial score (nSPS) is 27.9. The standard InChI is InChI=1S/C18H29NO/c1-6-18(7-2)16(13(4)17(18)19-8-3)14-9-11-15(20-5)12-10-14/h9-13,16-17,19H,6-8H2,1-5H3. The van der Waals surface area contributed by atoms with E-state index in [4.69, 9.17) is 4.74 Å². The van der Waals surface area contributed by atoms with Crippen LogP contribution in [-0.2, 0) is 0 Å². The molecule has 0 amide bonds. The van der Waals surface area contributed by atoms with Crippen LogP contribution in [0.3, 0.4) is 0 Å². The van der Waals surface area contributed by atoms with E-state index >= 15 is 0 Å². The zero-order valence-electron chi connectivity index (χ0n) is 13.6. The van der Waals surface area contributed by atoms with Gasteiger partial charge >= 0.3 is 0 Å². The lowest BCUT2D eigenvalue weighted by atomic mass is 9.46. The van der Waals surface area contributed by atoms with Gasteiger partial charge in [0.2, 0.25) is 0 Å². The van der Waals surface area contributed by atoms with Gasteiger partial charge in [0.15, 0.2) is 0 Å². The average Bonchev–Trinajstić information content (AvgIpc) is 2.50. The largest absolute Gasteiger partial charge is 0.497 e. The number of hydrogen-bond acceptors (Lipinski definition) is 2. The number of rotatable bonds is 6. The Labute approximate surface area is 123 Å². The number of nitrogens with one attached hydrogen (secondary N) is 1. The summed E-state index contributed by atoms with van der Waals surface area (Å²) < 4.78 is 5.28. The van der Waals surface area contributed by atoms with Gasteiger partial charge < -0.3 is 10.1 Å². The first kappa shape index (κ1) is 15.4. The van der Waals surface area contributed by atoms with Crippen molar-refractivity contribution >= 4 is 0 Å². The SMILES string of the molecule is CCNC1C(C)C(c2ccc(OC)cc2)C1(CC)CC. The van der Waals surface area contributed by atoms with E-state index in [2.05, 4.69) is 57.3 Å². The minimum Gasteiger partial charge on any atom is -0.497 e. The van der Waals surface area contributed by atoms with Crippen molar-refractivity contribution in [2.45, 2.75) is 52.5 Å². The first-order valence-corrected chi connectivity index (χ1v) is 8.01. The molecule has 1 saturated carbocycles. The summed E-state index contributed by atoms with van der Waals surface area (Å²) in [6.07, 6.45) is 2.48. The maximum Gasteiger partial charge on any atom is 0.118 e. The minimum atomic E-state index is 0.407. The topological polar surface area (TPSA) is 21.3 Å². The molecule has 20 heavy (non-hydrogen) atoms. The Bertz CT molecular complexity index is 422. The molecule has 1 aliphatic carbocycles. The Morgan fingerprint density at radius 1 is 1.10 bits per heavy atom. The van der Waals surface area contributed by atoms with Crippen LogP contribution < -0.4 is 10.1 Å². The molecule has 0 aromatic heterocycles. The highest BCUT2D eigenvalue weighted by molar-refractivity contribution is 5.35. The average molecular weight is 275 g/mol. The summed E-state index contributed by atoms with van der Waals surface area (Å²) >= 11 is 0. The number of ether oxygens (including phenoxy) is 1. The molecule has 3 unspecified atom stereocenters. The van der Waals surface area contributed by atoms with Gasteiger partial charge in [0.25, 0.3) is 0 Å². The molecule has 1 fully saturated rings. The molecule has 112 valence electrons. The van der Waals surface area contributed by atoms with Crippen LogP contribution in [0.5, 0.6) is 5.75 Å².